The highest BCUT2D eigenvalue weighted by molar-refractivity contribution is 5.73. The Morgan fingerprint density at radius 1 is 1.35 bits per heavy atom. The second-order valence-corrected chi connectivity index (χ2v) is 7.14. The van der Waals surface area contributed by atoms with Crippen molar-refractivity contribution in [1.29, 1.82) is 0 Å². The van der Waals surface area contributed by atoms with E-state index in [2.05, 4.69) is 37.9 Å². The zero-order valence-electron chi connectivity index (χ0n) is 13.6. The number of hydrogen-bond acceptors (Lipinski definition) is 3. The molecule has 2 atom stereocenters. The lowest BCUT2D eigenvalue weighted by Crippen LogP contribution is -2.46. The Morgan fingerprint density at radius 2 is 2.05 bits per heavy atom. The summed E-state index contributed by atoms with van der Waals surface area (Å²) in [5, 5.41) is 12.4. The Kier molecular flexibility index (Phi) is 6.96. The minimum absolute atomic E-state index is 0.364. The van der Waals surface area contributed by atoms with E-state index in [4.69, 9.17) is 0 Å². The quantitative estimate of drug-likeness (QED) is 0.787. The molecule has 1 aliphatic rings. The molecule has 0 bridgehead atoms. The number of carboxylic acid groups (broad SMARTS) is 1. The van der Waals surface area contributed by atoms with Gasteiger partial charge in [-0.2, -0.15) is 0 Å². The second kappa shape index (κ2) is 7.99. The molecule has 4 heteroatoms. The van der Waals surface area contributed by atoms with Crippen molar-refractivity contribution in [3.05, 3.63) is 0 Å². The van der Waals surface area contributed by atoms with Gasteiger partial charge in [0.2, 0.25) is 0 Å². The average Bonchev–Trinajstić information content (AvgIpc) is 2.59. The van der Waals surface area contributed by atoms with Gasteiger partial charge >= 0.3 is 5.97 Å². The molecule has 1 heterocycles. The van der Waals surface area contributed by atoms with Crippen LogP contribution >= 0.6 is 0 Å². The molecule has 0 aliphatic carbocycles. The van der Waals surface area contributed by atoms with Gasteiger partial charge in [0.25, 0.3) is 0 Å². The first-order chi connectivity index (χ1) is 9.34. The van der Waals surface area contributed by atoms with E-state index in [0.29, 0.717) is 12.0 Å². The molecule has 1 aliphatic heterocycles. The van der Waals surface area contributed by atoms with E-state index in [9.17, 15) is 9.90 Å². The lowest BCUT2D eigenvalue weighted by molar-refractivity contribution is -0.140. The standard InChI is InChI=1S/C16H32N2O2/c1-5-9-17-14(15(19)20)12-18-10-6-7-13(8-11-18)16(2,3)4/h13-14,17H,5-12H2,1-4H3,(H,19,20). The van der Waals surface area contributed by atoms with E-state index in [1.807, 2.05) is 0 Å². The molecule has 1 saturated heterocycles. The fourth-order valence-corrected chi connectivity index (χ4v) is 3.01. The highest BCUT2D eigenvalue weighted by atomic mass is 16.4. The molecule has 0 amide bonds. The van der Waals surface area contributed by atoms with Gasteiger partial charge in [0.1, 0.15) is 6.04 Å². The second-order valence-electron chi connectivity index (χ2n) is 7.14. The van der Waals surface area contributed by atoms with Crippen LogP contribution in [0.4, 0.5) is 0 Å². The number of nitrogens with zero attached hydrogens (tertiary/aromatic N) is 1. The fourth-order valence-electron chi connectivity index (χ4n) is 3.01. The van der Waals surface area contributed by atoms with Crippen molar-refractivity contribution >= 4 is 5.97 Å². The Bertz CT molecular complexity index is 299. The molecule has 0 spiro atoms. The van der Waals surface area contributed by atoms with Gasteiger partial charge in [-0.25, -0.2) is 0 Å². The van der Waals surface area contributed by atoms with E-state index in [-0.39, 0.29) is 0 Å². The number of nitrogens with one attached hydrogen (secondary N) is 1. The number of rotatable bonds is 6. The van der Waals surface area contributed by atoms with Crippen LogP contribution in [0, 0.1) is 11.3 Å². The number of likely N-dealkylation sites (tertiary alicyclic amines) is 1. The summed E-state index contributed by atoms with van der Waals surface area (Å²) in [5.74, 6) is 0.0226. The third kappa shape index (κ3) is 5.80. The van der Waals surface area contributed by atoms with Gasteiger partial charge < -0.3 is 15.3 Å². The normalized spacial score (nSPS) is 23.3. The van der Waals surface area contributed by atoms with Crippen LogP contribution in [0.25, 0.3) is 0 Å². The van der Waals surface area contributed by atoms with Crippen molar-refractivity contribution in [2.75, 3.05) is 26.2 Å². The zero-order valence-corrected chi connectivity index (χ0v) is 13.6. The van der Waals surface area contributed by atoms with Crippen LogP contribution in [-0.2, 0) is 4.79 Å². The van der Waals surface area contributed by atoms with Gasteiger partial charge in [-0.1, -0.05) is 27.7 Å². The molecule has 0 saturated carbocycles. The number of hydrogen-bond donors (Lipinski definition) is 2. The van der Waals surface area contributed by atoms with Gasteiger partial charge in [-0.15, -0.1) is 0 Å². The van der Waals surface area contributed by atoms with Gasteiger partial charge in [0.15, 0.2) is 0 Å². The first kappa shape index (κ1) is 17.4. The number of carboxylic acids is 1. The van der Waals surface area contributed by atoms with Crippen LogP contribution in [0.3, 0.4) is 0 Å². The van der Waals surface area contributed by atoms with Gasteiger partial charge in [0.05, 0.1) is 0 Å². The fraction of sp³-hybridized carbons (Fsp3) is 0.938. The summed E-state index contributed by atoms with van der Waals surface area (Å²) in [6, 6.07) is -0.430. The minimum Gasteiger partial charge on any atom is -0.480 e. The van der Waals surface area contributed by atoms with Crippen molar-refractivity contribution < 1.29 is 9.90 Å². The summed E-state index contributed by atoms with van der Waals surface area (Å²) in [7, 11) is 0. The summed E-state index contributed by atoms with van der Waals surface area (Å²) < 4.78 is 0. The highest BCUT2D eigenvalue weighted by Crippen LogP contribution is 2.34. The van der Waals surface area contributed by atoms with Gasteiger partial charge in [-0.3, -0.25) is 4.79 Å². The maximum Gasteiger partial charge on any atom is 0.322 e. The van der Waals surface area contributed by atoms with Crippen molar-refractivity contribution in [2.45, 2.75) is 59.4 Å². The average molecular weight is 284 g/mol. The molecule has 0 radical (unpaired) electrons. The first-order valence-corrected chi connectivity index (χ1v) is 8.03. The first-order valence-electron chi connectivity index (χ1n) is 8.03. The molecule has 2 unspecified atom stereocenters. The minimum atomic E-state index is -0.727. The highest BCUT2D eigenvalue weighted by Gasteiger charge is 2.28. The van der Waals surface area contributed by atoms with Crippen molar-refractivity contribution in [1.82, 2.24) is 10.2 Å². The maximum atomic E-state index is 11.3. The summed E-state index contributed by atoms with van der Waals surface area (Å²) >= 11 is 0. The third-order valence-corrected chi connectivity index (χ3v) is 4.43. The predicted octanol–water partition coefficient (Wildman–Crippen LogP) is 2.59. The molecular weight excluding hydrogens is 252 g/mol. The van der Waals surface area contributed by atoms with E-state index >= 15 is 0 Å². The number of aliphatic carboxylic acids is 1. The van der Waals surface area contributed by atoms with E-state index in [1.165, 1.54) is 19.3 Å². The summed E-state index contributed by atoms with van der Waals surface area (Å²) in [6.45, 7) is 12.5. The molecule has 4 nitrogen and oxygen atoms in total. The Labute approximate surface area is 123 Å². The molecular formula is C16H32N2O2. The van der Waals surface area contributed by atoms with E-state index < -0.39 is 12.0 Å². The van der Waals surface area contributed by atoms with E-state index in [1.54, 1.807) is 0 Å². The molecule has 118 valence electrons. The summed E-state index contributed by atoms with van der Waals surface area (Å²) in [5.41, 5.74) is 0.364. The molecule has 0 aromatic heterocycles. The van der Waals surface area contributed by atoms with Crippen molar-refractivity contribution in [3.8, 4) is 0 Å². The Morgan fingerprint density at radius 3 is 2.60 bits per heavy atom. The van der Waals surface area contributed by atoms with Crippen LogP contribution in [0.1, 0.15) is 53.4 Å². The van der Waals surface area contributed by atoms with Crippen molar-refractivity contribution in [3.63, 3.8) is 0 Å². The Hall–Kier alpha value is -0.610. The third-order valence-electron chi connectivity index (χ3n) is 4.43. The topological polar surface area (TPSA) is 52.6 Å². The monoisotopic (exact) mass is 284 g/mol. The smallest absolute Gasteiger partial charge is 0.322 e. The molecule has 20 heavy (non-hydrogen) atoms. The van der Waals surface area contributed by atoms with E-state index in [0.717, 1.165) is 32.0 Å². The molecule has 0 aromatic carbocycles. The number of carbonyl (C=O) groups is 1. The SMILES string of the molecule is CCCNC(CN1CCCC(C(C)(C)C)CC1)C(=O)O. The van der Waals surface area contributed by atoms with Crippen LogP contribution < -0.4 is 5.32 Å². The lowest BCUT2D eigenvalue weighted by atomic mass is 9.77. The van der Waals surface area contributed by atoms with Gasteiger partial charge in [0, 0.05) is 6.54 Å². The molecule has 1 fully saturated rings. The van der Waals surface area contributed by atoms with Crippen LogP contribution in [0.5, 0.6) is 0 Å². The molecule has 0 aromatic rings. The molecule has 2 N–H and O–H groups in total. The predicted molar refractivity (Wildman–Crippen MR) is 83.0 cm³/mol. The van der Waals surface area contributed by atoms with Crippen molar-refractivity contribution in [2.24, 2.45) is 11.3 Å². The lowest BCUT2D eigenvalue weighted by Gasteiger charge is -2.30. The van der Waals surface area contributed by atoms with Crippen LogP contribution in [0.2, 0.25) is 0 Å². The van der Waals surface area contributed by atoms with Crippen LogP contribution in [-0.4, -0.2) is 48.2 Å². The Balaban J connectivity index is 2.49. The van der Waals surface area contributed by atoms with Gasteiger partial charge in [-0.05, 0) is 56.7 Å². The summed E-state index contributed by atoms with van der Waals surface area (Å²) in [4.78, 5) is 13.6. The summed E-state index contributed by atoms with van der Waals surface area (Å²) in [6.07, 6.45) is 4.60. The van der Waals surface area contributed by atoms with Crippen LogP contribution in [0.15, 0.2) is 0 Å². The largest absolute Gasteiger partial charge is 0.480 e. The maximum absolute atomic E-state index is 11.3. The molecule has 1 rings (SSSR count). The zero-order chi connectivity index (χ0) is 15.2.